The predicted octanol–water partition coefficient (Wildman–Crippen LogP) is 4.67. The van der Waals surface area contributed by atoms with Crippen molar-refractivity contribution in [1.82, 2.24) is 4.98 Å². The third-order valence-corrected chi connectivity index (χ3v) is 3.45. The Hall–Kier alpha value is -2.48. The van der Waals surface area contributed by atoms with Gasteiger partial charge in [-0.25, -0.2) is 0 Å². The van der Waals surface area contributed by atoms with Crippen molar-refractivity contribution in [2.75, 3.05) is 7.11 Å². The van der Waals surface area contributed by atoms with Crippen LogP contribution in [0.2, 0.25) is 0 Å². The quantitative estimate of drug-likeness (QED) is 0.730. The molecule has 0 aliphatic rings. The first-order chi connectivity index (χ1) is 9.78. The number of aryl methyl sites for hydroxylation is 1. The first-order valence-corrected chi connectivity index (χ1v) is 6.67. The number of benzene rings is 2. The van der Waals surface area contributed by atoms with Gasteiger partial charge < -0.3 is 9.72 Å². The van der Waals surface area contributed by atoms with Crippen LogP contribution in [0.1, 0.15) is 5.69 Å². The van der Waals surface area contributed by atoms with E-state index in [1.165, 1.54) is 22.3 Å². The molecule has 2 aromatic carbocycles. The summed E-state index contributed by atoms with van der Waals surface area (Å²) in [5.41, 5.74) is 5.95. The van der Waals surface area contributed by atoms with Crippen molar-refractivity contribution < 1.29 is 4.74 Å². The highest BCUT2D eigenvalue weighted by atomic mass is 16.5. The molecule has 3 aromatic rings. The van der Waals surface area contributed by atoms with Crippen LogP contribution in [0.15, 0.2) is 60.8 Å². The Balaban J connectivity index is 2.19. The summed E-state index contributed by atoms with van der Waals surface area (Å²) in [7, 11) is 1.70. The lowest BCUT2D eigenvalue weighted by Gasteiger charge is -2.11. The zero-order valence-corrected chi connectivity index (χ0v) is 11.7. The second kappa shape index (κ2) is 5.25. The van der Waals surface area contributed by atoms with Gasteiger partial charge in [-0.05, 0) is 47.4 Å². The van der Waals surface area contributed by atoms with Crippen molar-refractivity contribution in [2.45, 2.75) is 6.92 Å². The molecule has 100 valence electrons. The maximum Gasteiger partial charge on any atom is 0.119 e. The molecule has 0 spiro atoms. The Labute approximate surface area is 119 Å². The molecule has 1 aromatic heterocycles. The van der Waals surface area contributed by atoms with Gasteiger partial charge in [0.2, 0.25) is 0 Å². The van der Waals surface area contributed by atoms with Crippen molar-refractivity contribution in [3.8, 4) is 28.0 Å². The van der Waals surface area contributed by atoms with Gasteiger partial charge in [-0.2, -0.15) is 0 Å². The molecule has 1 heterocycles. The average molecular weight is 263 g/mol. The van der Waals surface area contributed by atoms with E-state index in [1.54, 1.807) is 7.11 Å². The smallest absolute Gasteiger partial charge is 0.119 e. The number of aromatic amines is 1. The Kier molecular flexibility index (Phi) is 3.30. The second-order valence-electron chi connectivity index (χ2n) is 4.85. The summed E-state index contributed by atoms with van der Waals surface area (Å²) >= 11 is 0. The van der Waals surface area contributed by atoms with E-state index < -0.39 is 0 Å². The Morgan fingerprint density at radius 3 is 2.30 bits per heavy atom. The van der Waals surface area contributed by atoms with Gasteiger partial charge in [-0.1, -0.05) is 36.4 Å². The number of ether oxygens (including phenoxy) is 1. The monoisotopic (exact) mass is 263 g/mol. The van der Waals surface area contributed by atoms with Crippen molar-refractivity contribution in [1.29, 1.82) is 0 Å². The summed E-state index contributed by atoms with van der Waals surface area (Å²) in [6, 6.07) is 18.8. The average Bonchev–Trinajstić information content (AvgIpc) is 2.94. The third kappa shape index (κ3) is 2.32. The number of rotatable bonds is 3. The topological polar surface area (TPSA) is 25.0 Å². The van der Waals surface area contributed by atoms with Crippen LogP contribution in [0.5, 0.6) is 5.75 Å². The van der Waals surface area contributed by atoms with Gasteiger partial charge in [-0.3, -0.25) is 0 Å². The van der Waals surface area contributed by atoms with E-state index in [9.17, 15) is 0 Å². The van der Waals surface area contributed by atoms with E-state index in [4.69, 9.17) is 4.74 Å². The first-order valence-electron chi connectivity index (χ1n) is 6.67. The molecule has 2 heteroatoms. The summed E-state index contributed by atoms with van der Waals surface area (Å²) in [4.78, 5) is 3.24. The molecule has 0 unspecified atom stereocenters. The fourth-order valence-corrected chi connectivity index (χ4v) is 2.42. The van der Waals surface area contributed by atoms with Gasteiger partial charge >= 0.3 is 0 Å². The van der Waals surface area contributed by atoms with E-state index in [0.29, 0.717) is 0 Å². The Morgan fingerprint density at radius 1 is 0.850 bits per heavy atom. The normalized spacial score (nSPS) is 10.5. The van der Waals surface area contributed by atoms with Crippen LogP contribution in [0, 0.1) is 6.92 Å². The highest BCUT2D eigenvalue weighted by molar-refractivity contribution is 5.84. The van der Waals surface area contributed by atoms with Gasteiger partial charge in [0, 0.05) is 11.9 Å². The number of nitrogens with one attached hydrogen (secondary N) is 1. The fourth-order valence-electron chi connectivity index (χ4n) is 2.42. The van der Waals surface area contributed by atoms with E-state index in [0.717, 1.165) is 11.4 Å². The molecule has 0 saturated heterocycles. The van der Waals surface area contributed by atoms with Gasteiger partial charge in [-0.15, -0.1) is 0 Å². The number of hydrogen-bond donors (Lipinski definition) is 1. The molecule has 20 heavy (non-hydrogen) atoms. The van der Waals surface area contributed by atoms with E-state index in [-0.39, 0.29) is 0 Å². The molecule has 0 saturated carbocycles. The van der Waals surface area contributed by atoms with E-state index in [2.05, 4.69) is 54.4 Å². The molecule has 0 atom stereocenters. The minimum atomic E-state index is 0.875. The highest BCUT2D eigenvalue weighted by Crippen LogP contribution is 2.35. The van der Waals surface area contributed by atoms with Gasteiger partial charge in [0.1, 0.15) is 5.75 Å². The Morgan fingerprint density at radius 2 is 1.65 bits per heavy atom. The van der Waals surface area contributed by atoms with Crippen LogP contribution >= 0.6 is 0 Å². The molecule has 0 radical (unpaired) electrons. The van der Waals surface area contributed by atoms with Crippen LogP contribution in [0.4, 0.5) is 0 Å². The van der Waals surface area contributed by atoms with Crippen LogP contribution in [0.3, 0.4) is 0 Å². The second-order valence-corrected chi connectivity index (χ2v) is 4.85. The molecule has 0 fully saturated rings. The lowest BCUT2D eigenvalue weighted by atomic mass is 9.95. The van der Waals surface area contributed by atoms with Crippen LogP contribution in [0.25, 0.3) is 22.3 Å². The van der Waals surface area contributed by atoms with E-state index in [1.807, 2.05) is 18.3 Å². The van der Waals surface area contributed by atoms with Crippen molar-refractivity contribution in [3.05, 3.63) is 66.5 Å². The lowest BCUT2D eigenvalue weighted by Crippen LogP contribution is -1.87. The summed E-state index contributed by atoms with van der Waals surface area (Å²) in [6.07, 6.45) is 2.05. The summed E-state index contributed by atoms with van der Waals surface area (Å²) in [5, 5.41) is 0. The van der Waals surface area contributed by atoms with Gasteiger partial charge in [0.05, 0.1) is 7.11 Å². The van der Waals surface area contributed by atoms with Crippen molar-refractivity contribution in [2.24, 2.45) is 0 Å². The van der Waals surface area contributed by atoms with Gasteiger partial charge in [0.15, 0.2) is 0 Å². The molecule has 2 nitrogen and oxygen atoms in total. The molecule has 0 aliphatic heterocycles. The summed E-state index contributed by atoms with van der Waals surface area (Å²) < 4.78 is 5.36. The molecule has 0 bridgehead atoms. The maximum absolute atomic E-state index is 5.36. The van der Waals surface area contributed by atoms with Crippen LogP contribution < -0.4 is 4.74 Å². The number of aromatic nitrogens is 1. The SMILES string of the molecule is COc1ccc(-c2c[nH]c(C)c2)c(-c2ccccc2)c1. The predicted molar refractivity (Wildman–Crippen MR) is 83.0 cm³/mol. The molecule has 3 rings (SSSR count). The summed E-state index contributed by atoms with van der Waals surface area (Å²) in [6.45, 7) is 2.06. The lowest BCUT2D eigenvalue weighted by molar-refractivity contribution is 0.415. The standard InChI is InChI=1S/C18H17NO/c1-13-10-15(12-19-13)17-9-8-16(20-2)11-18(17)14-6-4-3-5-7-14/h3-12,19H,1-2H3. The minimum absolute atomic E-state index is 0.875. The van der Waals surface area contributed by atoms with Crippen molar-refractivity contribution in [3.63, 3.8) is 0 Å². The van der Waals surface area contributed by atoms with Gasteiger partial charge in [0.25, 0.3) is 0 Å². The molecule has 1 N–H and O–H groups in total. The highest BCUT2D eigenvalue weighted by Gasteiger charge is 2.09. The minimum Gasteiger partial charge on any atom is -0.497 e. The first kappa shape index (κ1) is 12.5. The zero-order valence-electron chi connectivity index (χ0n) is 11.7. The third-order valence-electron chi connectivity index (χ3n) is 3.45. The van der Waals surface area contributed by atoms with Crippen LogP contribution in [-0.2, 0) is 0 Å². The molecular weight excluding hydrogens is 246 g/mol. The number of H-pyrrole nitrogens is 1. The number of methoxy groups -OCH3 is 1. The number of hydrogen-bond acceptors (Lipinski definition) is 1. The molecule has 0 amide bonds. The van der Waals surface area contributed by atoms with E-state index >= 15 is 0 Å². The Bertz CT molecular complexity index is 713. The zero-order chi connectivity index (χ0) is 13.9. The molecule has 0 aliphatic carbocycles. The fraction of sp³-hybridized carbons (Fsp3) is 0.111. The summed E-state index contributed by atoms with van der Waals surface area (Å²) in [5.74, 6) is 0.875. The molecular formula is C18H17NO. The van der Waals surface area contributed by atoms with Crippen molar-refractivity contribution >= 4 is 0 Å². The van der Waals surface area contributed by atoms with Crippen LogP contribution in [-0.4, -0.2) is 12.1 Å². The largest absolute Gasteiger partial charge is 0.497 e. The maximum atomic E-state index is 5.36.